The SMILES string of the molecule is CC1=C[C@@H](O)CC(C)(C)[C@H]1\C=C/C(C)=C/C=C/C(C)=C/C=C/C=C(C)/C=C/C=C(C)/C=C/[C@@]12O[C@]1(C)C[C@@H](O)CC2(C)C. The first-order valence-corrected chi connectivity index (χ1v) is 15.8. The van der Waals surface area contributed by atoms with Gasteiger partial charge in [-0.2, -0.15) is 0 Å². The molecule has 0 spiro atoms. The van der Waals surface area contributed by atoms with Gasteiger partial charge in [0.05, 0.1) is 12.2 Å². The van der Waals surface area contributed by atoms with Crippen molar-refractivity contribution in [3.05, 3.63) is 119 Å². The van der Waals surface area contributed by atoms with Crippen LogP contribution in [0.2, 0.25) is 0 Å². The van der Waals surface area contributed by atoms with E-state index in [0.717, 1.165) is 12.8 Å². The van der Waals surface area contributed by atoms with Crippen molar-refractivity contribution in [3.8, 4) is 0 Å². The van der Waals surface area contributed by atoms with Gasteiger partial charge in [0, 0.05) is 17.8 Å². The number of aliphatic hydroxyl groups excluding tert-OH is 2. The van der Waals surface area contributed by atoms with Crippen LogP contribution in [0.4, 0.5) is 0 Å². The molecule has 3 nitrogen and oxygen atoms in total. The van der Waals surface area contributed by atoms with Gasteiger partial charge >= 0.3 is 0 Å². The molecule has 3 rings (SSSR count). The van der Waals surface area contributed by atoms with Crippen LogP contribution >= 0.6 is 0 Å². The Morgan fingerprint density at radius 3 is 1.77 bits per heavy atom. The summed E-state index contributed by atoms with van der Waals surface area (Å²) in [6, 6.07) is 0. The van der Waals surface area contributed by atoms with Crippen LogP contribution in [0.15, 0.2) is 119 Å². The van der Waals surface area contributed by atoms with Crippen molar-refractivity contribution in [2.24, 2.45) is 16.7 Å². The number of hydrogen-bond acceptors (Lipinski definition) is 3. The summed E-state index contributed by atoms with van der Waals surface area (Å²) in [6.07, 6.45) is 33.5. The average molecular weight is 585 g/mol. The summed E-state index contributed by atoms with van der Waals surface area (Å²) in [5.41, 5.74) is 5.38. The average Bonchev–Trinajstić information content (AvgIpc) is 3.49. The summed E-state index contributed by atoms with van der Waals surface area (Å²) in [5.74, 6) is 0.345. The molecule has 1 heterocycles. The van der Waals surface area contributed by atoms with Crippen LogP contribution in [-0.2, 0) is 4.74 Å². The van der Waals surface area contributed by atoms with Crippen LogP contribution < -0.4 is 0 Å². The number of ether oxygens (including phenoxy) is 1. The molecule has 1 saturated carbocycles. The Balaban J connectivity index is 1.49. The number of allylic oxidation sites excluding steroid dienone is 18. The molecule has 3 heteroatoms. The third kappa shape index (κ3) is 8.91. The van der Waals surface area contributed by atoms with Crippen molar-refractivity contribution < 1.29 is 14.9 Å². The highest BCUT2D eigenvalue weighted by Gasteiger charge is 2.74. The number of aliphatic hydroxyl groups is 2. The first-order valence-electron chi connectivity index (χ1n) is 15.8. The van der Waals surface area contributed by atoms with E-state index in [1.165, 1.54) is 27.9 Å². The standard InChI is InChI=1S/C40H56O3/c1-29(17-13-19-31(3)21-22-36-33(5)25-34(41)26-37(36,6)7)15-11-12-16-30(2)18-14-20-32(4)23-24-40-38(8,9)27-35(42)28-39(40,10)43-40/h11-25,34-36,41-42H,26-28H2,1-10H3/b12-11+,17-13+,18-14+,22-21-,24-23+,29-15+,30-16+,31-19+,32-20+/t34-,35+,36+,39-,40+/m1/s1. The normalized spacial score (nSPS) is 33.8. The van der Waals surface area contributed by atoms with Gasteiger partial charge in [0.25, 0.3) is 0 Å². The molecule has 0 unspecified atom stereocenters. The molecule has 1 saturated heterocycles. The van der Waals surface area contributed by atoms with Gasteiger partial charge in [-0.1, -0.05) is 141 Å². The Kier molecular flexibility index (Phi) is 11.3. The summed E-state index contributed by atoms with van der Waals surface area (Å²) in [6.45, 7) is 21.5. The number of epoxide rings is 1. The predicted octanol–water partition coefficient (Wildman–Crippen LogP) is 9.61. The zero-order chi connectivity index (χ0) is 32.1. The molecule has 0 aromatic rings. The Labute approximate surface area is 262 Å². The zero-order valence-corrected chi connectivity index (χ0v) is 28.3. The molecule has 43 heavy (non-hydrogen) atoms. The molecule has 3 aliphatic rings. The molecule has 2 aliphatic carbocycles. The second-order valence-corrected chi connectivity index (χ2v) is 14.6. The monoisotopic (exact) mass is 584 g/mol. The lowest BCUT2D eigenvalue weighted by Gasteiger charge is -2.39. The van der Waals surface area contributed by atoms with Crippen molar-refractivity contribution in [1.82, 2.24) is 0 Å². The molecule has 0 bridgehead atoms. The topological polar surface area (TPSA) is 53.0 Å². The van der Waals surface area contributed by atoms with Crippen molar-refractivity contribution in [2.45, 2.75) is 112 Å². The van der Waals surface area contributed by atoms with E-state index >= 15 is 0 Å². The molecule has 5 atom stereocenters. The Bertz CT molecular complexity index is 1320. The van der Waals surface area contributed by atoms with E-state index in [2.05, 4.69) is 154 Å². The van der Waals surface area contributed by atoms with E-state index in [4.69, 9.17) is 4.74 Å². The van der Waals surface area contributed by atoms with E-state index < -0.39 is 0 Å². The van der Waals surface area contributed by atoms with Gasteiger partial charge in [0.1, 0.15) is 11.2 Å². The highest BCUT2D eigenvalue weighted by Crippen LogP contribution is 2.66. The second-order valence-electron chi connectivity index (χ2n) is 14.6. The first kappa shape index (κ1) is 34.8. The fourth-order valence-corrected chi connectivity index (χ4v) is 7.07. The van der Waals surface area contributed by atoms with E-state index in [9.17, 15) is 10.2 Å². The minimum atomic E-state index is -0.333. The Hall–Kier alpha value is -2.72. The minimum Gasteiger partial charge on any atom is -0.393 e. The first-order chi connectivity index (χ1) is 20.0. The van der Waals surface area contributed by atoms with Gasteiger partial charge in [-0.05, 0) is 65.9 Å². The van der Waals surface area contributed by atoms with Crippen LogP contribution in [0.3, 0.4) is 0 Å². The van der Waals surface area contributed by atoms with Crippen LogP contribution in [0.5, 0.6) is 0 Å². The molecule has 0 aromatic heterocycles. The highest BCUT2D eigenvalue weighted by molar-refractivity contribution is 5.37. The third-order valence-corrected chi connectivity index (χ3v) is 9.43. The summed E-state index contributed by atoms with van der Waals surface area (Å²) in [5, 5.41) is 20.3. The largest absolute Gasteiger partial charge is 0.393 e. The summed E-state index contributed by atoms with van der Waals surface area (Å²) >= 11 is 0. The van der Waals surface area contributed by atoms with Gasteiger partial charge in [-0.15, -0.1) is 0 Å². The lowest BCUT2D eigenvalue weighted by Crippen LogP contribution is -2.46. The predicted molar refractivity (Wildman–Crippen MR) is 184 cm³/mol. The van der Waals surface area contributed by atoms with E-state index in [1.54, 1.807) is 0 Å². The van der Waals surface area contributed by atoms with Gasteiger partial charge in [-0.3, -0.25) is 0 Å². The van der Waals surface area contributed by atoms with Crippen molar-refractivity contribution in [2.75, 3.05) is 0 Å². The van der Waals surface area contributed by atoms with Gasteiger partial charge in [-0.25, -0.2) is 0 Å². The molecule has 2 fully saturated rings. The van der Waals surface area contributed by atoms with Crippen molar-refractivity contribution in [3.63, 3.8) is 0 Å². The second kappa shape index (κ2) is 13.9. The molecule has 0 aromatic carbocycles. The van der Waals surface area contributed by atoms with Crippen LogP contribution in [0, 0.1) is 16.7 Å². The summed E-state index contributed by atoms with van der Waals surface area (Å²) in [4.78, 5) is 0. The van der Waals surface area contributed by atoms with Crippen molar-refractivity contribution >= 4 is 0 Å². The maximum absolute atomic E-state index is 10.2. The van der Waals surface area contributed by atoms with E-state index in [-0.39, 0.29) is 34.2 Å². The van der Waals surface area contributed by atoms with Gasteiger partial charge < -0.3 is 14.9 Å². The molecule has 2 N–H and O–H groups in total. The summed E-state index contributed by atoms with van der Waals surface area (Å²) < 4.78 is 6.25. The quantitative estimate of drug-likeness (QED) is 0.153. The van der Waals surface area contributed by atoms with Crippen LogP contribution in [0.1, 0.15) is 88.5 Å². The molecular formula is C40H56O3. The van der Waals surface area contributed by atoms with E-state index in [0.29, 0.717) is 12.3 Å². The highest BCUT2D eigenvalue weighted by atomic mass is 16.6. The summed E-state index contributed by atoms with van der Waals surface area (Å²) in [7, 11) is 0. The van der Waals surface area contributed by atoms with Crippen LogP contribution in [0.25, 0.3) is 0 Å². The minimum absolute atomic E-state index is 0.0547. The molecule has 0 amide bonds. The number of hydrogen-bond donors (Lipinski definition) is 2. The van der Waals surface area contributed by atoms with Gasteiger partial charge in [0.15, 0.2) is 0 Å². The number of rotatable bonds is 10. The van der Waals surface area contributed by atoms with Crippen LogP contribution in [-0.4, -0.2) is 33.6 Å². The molecular weight excluding hydrogens is 528 g/mol. The molecule has 1 aliphatic heterocycles. The smallest absolute Gasteiger partial charge is 0.121 e. The lowest BCUT2D eigenvalue weighted by atomic mass is 9.63. The maximum atomic E-state index is 10.2. The molecule has 0 radical (unpaired) electrons. The Morgan fingerprint density at radius 2 is 1.23 bits per heavy atom. The van der Waals surface area contributed by atoms with E-state index in [1.807, 2.05) is 6.08 Å². The number of fused-ring (bicyclic) bond motifs is 1. The Morgan fingerprint density at radius 1 is 0.721 bits per heavy atom. The third-order valence-electron chi connectivity index (χ3n) is 9.43. The van der Waals surface area contributed by atoms with Crippen molar-refractivity contribution in [1.29, 1.82) is 0 Å². The maximum Gasteiger partial charge on any atom is 0.121 e. The molecule has 234 valence electrons. The fourth-order valence-electron chi connectivity index (χ4n) is 7.07. The fraction of sp³-hybridized carbons (Fsp3) is 0.500. The lowest BCUT2D eigenvalue weighted by molar-refractivity contribution is 0.0515. The van der Waals surface area contributed by atoms with Gasteiger partial charge in [0.2, 0.25) is 0 Å². The zero-order valence-electron chi connectivity index (χ0n) is 28.3.